The van der Waals surface area contributed by atoms with Crippen LogP contribution < -0.4 is 5.73 Å². The SMILES string of the molecule is CCCCCC=CCC=CCCCCCCCC(=O)OC[C@H](COP(=O)(O)OCCN)OO. The summed E-state index contributed by atoms with van der Waals surface area (Å²) in [6.45, 7) is 1.34. The van der Waals surface area contributed by atoms with Crippen LogP contribution in [-0.4, -0.2) is 48.6 Å². The van der Waals surface area contributed by atoms with Crippen LogP contribution >= 0.6 is 7.82 Å². The number of phosphoric acid groups is 1. The first kappa shape index (κ1) is 31.9. The van der Waals surface area contributed by atoms with Crippen LogP contribution in [0.5, 0.6) is 0 Å². The lowest BCUT2D eigenvalue weighted by Crippen LogP contribution is -2.26. The van der Waals surface area contributed by atoms with Crippen LogP contribution in [0.4, 0.5) is 0 Å². The molecule has 0 aliphatic carbocycles. The Kier molecular flexibility index (Phi) is 22.0. The van der Waals surface area contributed by atoms with Gasteiger partial charge in [0.2, 0.25) is 0 Å². The summed E-state index contributed by atoms with van der Waals surface area (Å²) in [6.07, 6.45) is 20.2. The molecule has 0 aliphatic heterocycles. The lowest BCUT2D eigenvalue weighted by molar-refractivity contribution is -0.290. The minimum absolute atomic E-state index is 0.0552. The lowest BCUT2D eigenvalue weighted by Gasteiger charge is -2.16. The van der Waals surface area contributed by atoms with E-state index in [0.717, 1.165) is 44.9 Å². The van der Waals surface area contributed by atoms with Gasteiger partial charge < -0.3 is 15.4 Å². The van der Waals surface area contributed by atoms with E-state index >= 15 is 0 Å². The maximum atomic E-state index is 11.8. The molecule has 194 valence electrons. The molecule has 0 radical (unpaired) electrons. The predicted molar refractivity (Wildman–Crippen MR) is 129 cm³/mol. The number of allylic oxidation sites excluding steroid dienone is 4. The number of unbranched alkanes of at least 4 members (excludes halogenated alkanes) is 8. The van der Waals surface area contributed by atoms with Crippen LogP contribution in [-0.2, 0) is 28.0 Å². The van der Waals surface area contributed by atoms with E-state index in [0.29, 0.717) is 0 Å². The molecule has 0 aromatic carbocycles. The van der Waals surface area contributed by atoms with E-state index < -0.39 is 26.5 Å². The average molecular weight is 494 g/mol. The van der Waals surface area contributed by atoms with Gasteiger partial charge in [0.05, 0.1) is 13.2 Å². The Morgan fingerprint density at radius 1 is 0.939 bits per heavy atom. The molecular weight excluding hydrogens is 449 g/mol. The van der Waals surface area contributed by atoms with Crippen molar-refractivity contribution in [2.45, 2.75) is 90.1 Å². The minimum Gasteiger partial charge on any atom is -0.463 e. The van der Waals surface area contributed by atoms with E-state index in [1.54, 1.807) is 0 Å². The Balaban J connectivity index is 3.66. The molecule has 0 saturated carbocycles. The molecule has 0 rings (SSSR count). The zero-order chi connectivity index (χ0) is 24.6. The topological polar surface area (TPSA) is 138 Å². The summed E-state index contributed by atoms with van der Waals surface area (Å²) in [4.78, 5) is 25.3. The third-order valence-electron chi connectivity index (χ3n) is 4.71. The van der Waals surface area contributed by atoms with Crippen LogP contribution in [0.3, 0.4) is 0 Å². The van der Waals surface area contributed by atoms with Crippen molar-refractivity contribution in [3.05, 3.63) is 24.3 Å². The van der Waals surface area contributed by atoms with Gasteiger partial charge in [-0.3, -0.25) is 19.1 Å². The van der Waals surface area contributed by atoms with Crippen LogP contribution in [0.2, 0.25) is 0 Å². The Hall–Kier alpha value is -1.06. The maximum Gasteiger partial charge on any atom is 0.472 e. The van der Waals surface area contributed by atoms with Crippen molar-refractivity contribution in [3.8, 4) is 0 Å². The van der Waals surface area contributed by atoms with Gasteiger partial charge in [-0.25, -0.2) is 9.45 Å². The number of hydrogen-bond donors (Lipinski definition) is 3. The molecule has 10 heteroatoms. The number of rotatable bonds is 23. The number of carbonyl (C=O) groups is 1. The number of nitrogens with two attached hydrogens (primary N) is 1. The predicted octanol–water partition coefficient (Wildman–Crippen LogP) is 5.29. The molecule has 0 spiro atoms. The monoisotopic (exact) mass is 493 g/mol. The summed E-state index contributed by atoms with van der Waals surface area (Å²) in [7, 11) is -4.29. The van der Waals surface area contributed by atoms with Crippen LogP contribution in [0, 0.1) is 0 Å². The average Bonchev–Trinajstić information content (AvgIpc) is 2.80. The molecule has 0 amide bonds. The first-order valence-corrected chi connectivity index (χ1v) is 13.5. The summed E-state index contributed by atoms with van der Waals surface area (Å²) in [5.74, 6) is -0.422. The summed E-state index contributed by atoms with van der Waals surface area (Å²) in [5, 5.41) is 8.82. The molecule has 0 aliphatic rings. The van der Waals surface area contributed by atoms with E-state index in [1.807, 2.05) is 0 Å². The molecule has 2 atom stereocenters. The summed E-state index contributed by atoms with van der Waals surface area (Å²) in [6, 6.07) is 0. The van der Waals surface area contributed by atoms with E-state index in [4.69, 9.17) is 15.7 Å². The van der Waals surface area contributed by atoms with Gasteiger partial charge in [-0.2, -0.15) is 0 Å². The largest absolute Gasteiger partial charge is 0.472 e. The van der Waals surface area contributed by atoms with Crippen molar-refractivity contribution in [1.82, 2.24) is 0 Å². The number of hydrogen-bond acceptors (Lipinski definition) is 8. The fourth-order valence-corrected chi connectivity index (χ4v) is 3.60. The van der Waals surface area contributed by atoms with E-state index in [-0.39, 0.29) is 26.2 Å². The van der Waals surface area contributed by atoms with E-state index in [1.165, 1.54) is 25.7 Å². The van der Waals surface area contributed by atoms with Gasteiger partial charge >= 0.3 is 13.8 Å². The highest BCUT2D eigenvalue weighted by Gasteiger charge is 2.24. The normalized spacial score (nSPS) is 14.7. The standard InChI is InChI=1S/C23H44NO8P/c1-2-3-4-5-6-7-8-9-10-11-12-13-14-15-16-17-23(25)29-20-22(32-26)21-31-33(27,28)30-19-18-24/h6-7,9-10,22,26H,2-5,8,11-21,24H2,1H3,(H,27,28)/t22-/m1/s1. The number of esters is 1. The third kappa shape index (κ3) is 22.5. The Morgan fingerprint density at radius 3 is 2.21 bits per heavy atom. The number of ether oxygens (including phenoxy) is 1. The summed E-state index contributed by atoms with van der Waals surface area (Å²) in [5.41, 5.74) is 5.17. The molecule has 0 heterocycles. The minimum atomic E-state index is -4.29. The zero-order valence-electron chi connectivity index (χ0n) is 20.1. The van der Waals surface area contributed by atoms with Gasteiger partial charge in [0, 0.05) is 13.0 Å². The van der Waals surface area contributed by atoms with Crippen molar-refractivity contribution in [1.29, 1.82) is 0 Å². The van der Waals surface area contributed by atoms with E-state index in [9.17, 15) is 14.3 Å². The molecule has 0 bridgehead atoms. The Bertz CT molecular complexity index is 571. The Labute approximate surface area is 198 Å². The van der Waals surface area contributed by atoms with Crippen molar-refractivity contribution in [2.75, 3.05) is 26.4 Å². The van der Waals surface area contributed by atoms with Crippen molar-refractivity contribution < 1.29 is 38.2 Å². The third-order valence-corrected chi connectivity index (χ3v) is 5.69. The van der Waals surface area contributed by atoms with Crippen LogP contribution in [0.1, 0.15) is 84.0 Å². The molecule has 33 heavy (non-hydrogen) atoms. The second-order valence-corrected chi connectivity index (χ2v) is 9.23. The molecule has 0 saturated heterocycles. The first-order valence-electron chi connectivity index (χ1n) is 12.0. The quantitative estimate of drug-likeness (QED) is 0.0432. The number of phosphoric ester groups is 1. The highest BCUT2D eigenvalue weighted by Crippen LogP contribution is 2.42. The number of carbonyl (C=O) groups excluding carboxylic acids is 1. The highest BCUT2D eigenvalue weighted by atomic mass is 31.2. The van der Waals surface area contributed by atoms with Gasteiger partial charge in [-0.1, -0.05) is 63.3 Å². The lowest BCUT2D eigenvalue weighted by atomic mass is 10.1. The van der Waals surface area contributed by atoms with Crippen molar-refractivity contribution in [3.63, 3.8) is 0 Å². The fraction of sp³-hybridized carbons (Fsp3) is 0.783. The Morgan fingerprint density at radius 2 is 1.58 bits per heavy atom. The summed E-state index contributed by atoms with van der Waals surface area (Å²) >= 11 is 0. The van der Waals surface area contributed by atoms with Gasteiger partial charge in [0.15, 0.2) is 6.10 Å². The molecule has 0 aromatic rings. The van der Waals surface area contributed by atoms with Crippen LogP contribution in [0.15, 0.2) is 24.3 Å². The van der Waals surface area contributed by atoms with Crippen LogP contribution in [0.25, 0.3) is 0 Å². The second-order valence-electron chi connectivity index (χ2n) is 7.78. The first-order chi connectivity index (χ1) is 15.9. The maximum absolute atomic E-state index is 11.8. The fourth-order valence-electron chi connectivity index (χ4n) is 2.83. The zero-order valence-corrected chi connectivity index (χ0v) is 21.0. The summed E-state index contributed by atoms with van der Waals surface area (Å²) < 4.78 is 25.7. The highest BCUT2D eigenvalue weighted by molar-refractivity contribution is 7.47. The van der Waals surface area contributed by atoms with Crippen molar-refractivity contribution in [2.24, 2.45) is 5.73 Å². The molecule has 0 fully saturated rings. The molecule has 1 unspecified atom stereocenters. The van der Waals surface area contributed by atoms with Crippen molar-refractivity contribution >= 4 is 13.8 Å². The van der Waals surface area contributed by atoms with Gasteiger partial charge in [0.25, 0.3) is 0 Å². The molecule has 0 aromatic heterocycles. The van der Waals surface area contributed by atoms with Gasteiger partial charge in [0.1, 0.15) is 6.61 Å². The molecule has 4 N–H and O–H groups in total. The van der Waals surface area contributed by atoms with E-state index in [2.05, 4.69) is 45.2 Å². The van der Waals surface area contributed by atoms with Gasteiger partial charge in [-0.05, 0) is 38.5 Å². The smallest absolute Gasteiger partial charge is 0.463 e. The second kappa shape index (κ2) is 22.7. The molecular formula is C23H44NO8P. The van der Waals surface area contributed by atoms with Gasteiger partial charge in [-0.15, -0.1) is 0 Å². The molecule has 9 nitrogen and oxygen atoms in total.